The maximum atomic E-state index is 12.2. The zero-order chi connectivity index (χ0) is 16.6. The summed E-state index contributed by atoms with van der Waals surface area (Å²) < 4.78 is 0. The summed E-state index contributed by atoms with van der Waals surface area (Å²) in [4.78, 5) is 12.2. The lowest BCUT2D eigenvalue weighted by atomic mass is 9.44. The second-order valence-electron chi connectivity index (χ2n) is 9.16. The molecular weight excluding hydrogens is 284 g/mol. The molecular formula is C21H30O2. The van der Waals surface area contributed by atoms with E-state index in [0.29, 0.717) is 35.7 Å². The monoisotopic (exact) mass is 314 g/mol. The Labute approximate surface area is 140 Å². The van der Waals surface area contributed by atoms with E-state index in [1.807, 2.05) is 0 Å². The van der Waals surface area contributed by atoms with Gasteiger partial charge in [0.1, 0.15) is 0 Å². The number of carbonyl (C=O) groups excluding carboxylic acids is 1. The number of hydrogen-bond acceptors (Lipinski definition) is 2. The average Bonchev–Trinajstić information content (AvgIpc) is 2.83. The SMILES string of the molecule is C=C1C(=C)[C@@]2(C)C(CC[C@@H]3[C@H]2CC[C@]2(C)C(O)CC[C@@H]32)CC1=O. The molecule has 2 nitrogen and oxygen atoms in total. The summed E-state index contributed by atoms with van der Waals surface area (Å²) in [5, 5.41) is 10.5. The lowest BCUT2D eigenvalue weighted by molar-refractivity contribution is -0.126. The normalized spacial score (nSPS) is 52.8. The smallest absolute Gasteiger partial charge is 0.162 e. The van der Waals surface area contributed by atoms with Crippen molar-refractivity contribution in [3.8, 4) is 0 Å². The van der Waals surface area contributed by atoms with Crippen molar-refractivity contribution in [2.24, 2.45) is 34.5 Å². The molecule has 0 aromatic heterocycles. The molecule has 1 N–H and O–H groups in total. The Hall–Kier alpha value is -0.890. The average molecular weight is 314 g/mol. The van der Waals surface area contributed by atoms with Crippen molar-refractivity contribution in [3.05, 3.63) is 24.3 Å². The van der Waals surface area contributed by atoms with Gasteiger partial charge in [-0.3, -0.25) is 4.79 Å². The van der Waals surface area contributed by atoms with Gasteiger partial charge in [0.05, 0.1) is 6.10 Å². The Kier molecular flexibility index (Phi) is 3.27. The molecule has 0 bridgehead atoms. The van der Waals surface area contributed by atoms with Gasteiger partial charge in [-0.15, -0.1) is 0 Å². The fourth-order valence-electron chi connectivity index (χ4n) is 7.03. The van der Waals surface area contributed by atoms with Crippen molar-refractivity contribution in [1.29, 1.82) is 0 Å². The first kappa shape index (κ1) is 15.6. The summed E-state index contributed by atoms with van der Waals surface area (Å²) in [5.74, 6) is 2.61. The molecule has 2 unspecified atom stereocenters. The van der Waals surface area contributed by atoms with Crippen LogP contribution in [0, 0.1) is 34.5 Å². The molecule has 2 heteroatoms. The molecule has 0 aliphatic heterocycles. The van der Waals surface area contributed by atoms with Crippen LogP contribution in [-0.4, -0.2) is 17.0 Å². The molecule has 0 aromatic carbocycles. The molecule has 126 valence electrons. The third-order valence-corrected chi connectivity index (χ3v) is 8.64. The maximum Gasteiger partial charge on any atom is 0.162 e. The Bertz CT molecular complexity index is 591. The summed E-state index contributed by atoms with van der Waals surface area (Å²) in [5.41, 5.74) is 1.87. The van der Waals surface area contributed by atoms with Crippen LogP contribution in [0.25, 0.3) is 0 Å². The van der Waals surface area contributed by atoms with Gasteiger partial charge in [0.25, 0.3) is 0 Å². The fourth-order valence-corrected chi connectivity index (χ4v) is 7.03. The largest absolute Gasteiger partial charge is 0.393 e. The zero-order valence-corrected chi connectivity index (χ0v) is 14.6. The van der Waals surface area contributed by atoms with Gasteiger partial charge in [-0.1, -0.05) is 27.0 Å². The molecule has 0 amide bonds. The van der Waals surface area contributed by atoms with Crippen molar-refractivity contribution >= 4 is 5.78 Å². The van der Waals surface area contributed by atoms with Crippen molar-refractivity contribution in [2.45, 2.75) is 64.9 Å². The number of hydrogen-bond donors (Lipinski definition) is 1. The minimum absolute atomic E-state index is 0.0444. The van der Waals surface area contributed by atoms with Crippen molar-refractivity contribution < 1.29 is 9.90 Å². The van der Waals surface area contributed by atoms with E-state index in [-0.39, 0.29) is 22.7 Å². The lowest BCUT2D eigenvalue weighted by Gasteiger charge is -2.60. The van der Waals surface area contributed by atoms with E-state index in [9.17, 15) is 9.90 Å². The third kappa shape index (κ3) is 1.82. The third-order valence-electron chi connectivity index (χ3n) is 8.64. The van der Waals surface area contributed by atoms with Crippen LogP contribution in [0.3, 0.4) is 0 Å². The van der Waals surface area contributed by atoms with Gasteiger partial charge in [0.15, 0.2) is 5.78 Å². The van der Waals surface area contributed by atoms with E-state index < -0.39 is 0 Å². The molecule has 4 rings (SSSR count). The van der Waals surface area contributed by atoms with Gasteiger partial charge in [0.2, 0.25) is 0 Å². The molecule has 0 radical (unpaired) electrons. The summed E-state index contributed by atoms with van der Waals surface area (Å²) in [6.45, 7) is 13.1. The number of fused-ring (bicyclic) bond motifs is 5. The lowest BCUT2D eigenvalue weighted by Crippen LogP contribution is -2.55. The molecule has 4 saturated carbocycles. The van der Waals surface area contributed by atoms with Gasteiger partial charge in [0, 0.05) is 12.0 Å². The fraction of sp³-hybridized carbons (Fsp3) is 0.762. The summed E-state index contributed by atoms with van der Waals surface area (Å²) in [6, 6.07) is 0. The van der Waals surface area contributed by atoms with E-state index in [1.165, 1.54) is 19.3 Å². The minimum atomic E-state index is -0.120. The van der Waals surface area contributed by atoms with Crippen molar-refractivity contribution in [2.75, 3.05) is 0 Å². The predicted octanol–water partition coefficient (Wildman–Crippen LogP) is 4.29. The van der Waals surface area contributed by atoms with Crippen LogP contribution in [0.5, 0.6) is 0 Å². The van der Waals surface area contributed by atoms with E-state index in [1.54, 1.807) is 0 Å². The number of ketones is 1. The molecule has 0 saturated heterocycles. The number of aliphatic hydroxyl groups excluding tert-OH is 1. The molecule has 7 atom stereocenters. The van der Waals surface area contributed by atoms with Gasteiger partial charge < -0.3 is 5.11 Å². The van der Waals surface area contributed by atoms with Gasteiger partial charge in [-0.05, 0) is 78.6 Å². The Balaban J connectivity index is 1.72. The Morgan fingerprint density at radius 3 is 2.52 bits per heavy atom. The Morgan fingerprint density at radius 1 is 1.04 bits per heavy atom. The van der Waals surface area contributed by atoms with Crippen LogP contribution in [0.2, 0.25) is 0 Å². The summed E-state index contributed by atoms with van der Waals surface area (Å²) in [6.07, 6.45) is 7.34. The molecule has 4 fully saturated rings. The highest BCUT2D eigenvalue weighted by Gasteiger charge is 2.61. The molecule has 0 heterocycles. The zero-order valence-electron chi connectivity index (χ0n) is 14.6. The molecule has 4 aliphatic carbocycles. The topological polar surface area (TPSA) is 37.3 Å². The van der Waals surface area contributed by atoms with Crippen molar-refractivity contribution in [3.63, 3.8) is 0 Å². The second kappa shape index (κ2) is 4.81. The number of rotatable bonds is 0. The molecule has 4 aliphatic rings. The van der Waals surface area contributed by atoms with Crippen LogP contribution >= 0.6 is 0 Å². The Morgan fingerprint density at radius 2 is 1.78 bits per heavy atom. The first-order valence-corrected chi connectivity index (χ1v) is 9.40. The summed E-state index contributed by atoms with van der Waals surface area (Å²) in [7, 11) is 0. The first-order chi connectivity index (χ1) is 10.8. The molecule has 0 aromatic rings. The van der Waals surface area contributed by atoms with Crippen molar-refractivity contribution in [1.82, 2.24) is 0 Å². The number of carbonyl (C=O) groups is 1. The quantitative estimate of drug-likeness (QED) is 0.677. The minimum Gasteiger partial charge on any atom is -0.393 e. The molecule has 23 heavy (non-hydrogen) atoms. The number of allylic oxidation sites excluding steroid dienone is 2. The first-order valence-electron chi connectivity index (χ1n) is 9.40. The molecule has 0 spiro atoms. The predicted molar refractivity (Wildman–Crippen MR) is 91.8 cm³/mol. The van der Waals surface area contributed by atoms with Crippen LogP contribution in [0.1, 0.15) is 58.8 Å². The number of aliphatic hydroxyl groups is 1. The van der Waals surface area contributed by atoms with Crippen LogP contribution in [0.15, 0.2) is 24.3 Å². The highest BCUT2D eigenvalue weighted by molar-refractivity contribution is 6.00. The van der Waals surface area contributed by atoms with E-state index >= 15 is 0 Å². The highest BCUT2D eigenvalue weighted by Crippen LogP contribution is 2.67. The number of Topliss-reactive ketones (excluding diaryl/α,β-unsaturated/α-hetero) is 1. The standard InChI is InChI=1S/C21H30O2/c1-12-13(2)21(4)14(11-18(12)22)5-6-15-16-7-8-19(23)20(16,3)10-9-17(15)21/h14-17,19,23H,1-2,5-11H2,3-4H3/t14?,15-,16-,17+,19?,20-,21-/m0/s1. The van der Waals surface area contributed by atoms with Gasteiger partial charge >= 0.3 is 0 Å². The van der Waals surface area contributed by atoms with Crippen LogP contribution < -0.4 is 0 Å². The van der Waals surface area contributed by atoms with E-state index in [4.69, 9.17) is 0 Å². The summed E-state index contributed by atoms with van der Waals surface area (Å²) >= 11 is 0. The van der Waals surface area contributed by atoms with E-state index in [2.05, 4.69) is 27.0 Å². The van der Waals surface area contributed by atoms with E-state index in [0.717, 1.165) is 24.8 Å². The van der Waals surface area contributed by atoms with Crippen LogP contribution in [-0.2, 0) is 4.79 Å². The van der Waals surface area contributed by atoms with Crippen LogP contribution in [0.4, 0.5) is 0 Å². The van der Waals surface area contributed by atoms with Gasteiger partial charge in [-0.25, -0.2) is 0 Å². The van der Waals surface area contributed by atoms with Gasteiger partial charge in [-0.2, -0.15) is 0 Å². The highest BCUT2D eigenvalue weighted by atomic mass is 16.3. The second-order valence-corrected chi connectivity index (χ2v) is 9.16. The maximum absolute atomic E-state index is 12.2.